The van der Waals surface area contributed by atoms with Gasteiger partial charge in [-0.25, -0.2) is 9.78 Å². The fourth-order valence-corrected chi connectivity index (χ4v) is 4.00. The smallest absolute Gasteiger partial charge is 0.349 e. The Bertz CT molecular complexity index is 1500. The second kappa shape index (κ2) is 9.93. The van der Waals surface area contributed by atoms with Crippen LogP contribution in [0.4, 0.5) is 11.4 Å². The van der Waals surface area contributed by atoms with Gasteiger partial charge in [0.15, 0.2) is 23.1 Å². The number of methoxy groups -OCH3 is 1. The monoisotopic (exact) mass is 502 g/mol. The molecule has 0 amide bonds. The maximum atomic E-state index is 12.9. The van der Waals surface area contributed by atoms with Crippen LogP contribution in [0.2, 0.25) is 0 Å². The first-order valence-electron chi connectivity index (χ1n) is 11.5. The predicted molar refractivity (Wildman–Crippen MR) is 138 cm³/mol. The lowest BCUT2D eigenvalue weighted by atomic mass is 10.0. The van der Waals surface area contributed by atoms with E-state index in [2.05, 4.69) is 20.4 Å². The number of rotatable bonds is 7. The topological polar surface area (TPSA) is 179 Å². The molecule has 0 unspecified atom stereocenters. The summed E-state index contributed by atoms with van der Waals surface area (Å²) in [6.07, 6.45) is 2.27. The highest BCUT2D eigenvalue weighted by atomic mass is 16.5. The minimum Gasteiger partial charge on any atom is -0.493 e. The second-order valence-electron chi connectivity index (χ2n) is 8.31. The summed E-state index contributed by atoms with van der Waals surface area (Å²) in [7, 11) is 1.55. The Morgan fingerprint density at radius 2 is 2.00 bits per heavy atom. The molecule has 12 heteroatoms. The lowest BCUT2D eigenvalue weighted by Crippen LogP contribution is -2.18. The van der Waals surface area contributed by atoms with Crippen molar-refractivity contribution >= 4 is 17.2 Å². The first-order valence-corrected chi connectivity index (χ1v) is 11.5. The summed E-state index contributed by atoms with van der Waals surface area (Å²) in [4.78, 5) is 19.9. The molecule has 12 nitrogen and oxygen atoms in total. The van der Waals surface area contributed by atoms with Crippen molar-refractivity contribution in [1.29, 1.82) is 5.41 Å². The Morgan fingerprint density at radius 3 is 2.73 bits per heavy atom. The number of hydrogen-bond acceptors (Lipinski definition) is 9. The van der Waals surface area contributed by atoms with Crippen molar-refractivity contribution in [3.63, 3.8) is 0 Å². The Balaban J connectivity index is 1.62. The van der Waals surface area contributed by atoms with Gasteiger partial charge >= 0.3 is 5.69 Å². The molecule has 7 N–H and O–H groups in total. The van der Waals surface area contributed by atoms with Gasteiger partial charge in [0, 0.05) is 23.9 Å². The van der Waals surface area contributed by atoms with Gasteiger partial charge in [-0.15, -0.1) is 5.10 Å². The first kappa shape index (κ1) is 23.7. The first-order chi connectivity index (χ1) is 17.9. The number of ether oxygens (including phenoxy) is 3. The molecule has 4 aromatic rings. The van der Waals surface area contributed by atoms with Gasteiger partial charge in [-0.3, -0.25) is 10.4 Å². The van der Waals surface area contributed by atoms with Crippen LogP contribution in [0.15, 0.2) is 59.5 Å². The molecule has 0 bridgehead atoms. The van der Waals surface area contributed by atoms with Gasteiger partial charge in [-0.1, -0.05) is 0 Å². The van der Waals surface area contributed by atoms with Crippen molar-refractivity contribution in [2.24, 2.45) is 5.73 Å². The van der Waals surface area contributed by atoms with Crippen molar-refractivity contribution in [3.8, 4) is 23.1 Å². The number of hydrogen-bond donors (Lipinski definition) is 5. The number of pyridine rings is 1. The normalized spacial score (nSPS) is 13.4. The van der Waals surface area contributed by atoms with E-state index < -0.39 is 11.7 Å². The van der Waals surface area contributed by atoms with Gasteiger partial charge in [-0.2, -0.15) is 4.68 Å². The van der Waals surface area contributed by atoms with E-state index in [0.29, 0.717) is 58.8 Å². The Morgan fingerprint density at radius 1 is 1.22 bits per heavy atom. The molecule has 0 spiro atoms. The van der Waals surface area contributed by atoms with Crippen molar-refractivity contribution < 1.29 is 14.2 Å². The van der Waals surface area contributed by atoms with Crippen LogP contribution in [0.5, 0.6) is 17.2 Å². The highest BCUT2D eigenvalue weighted by Crippen LogP contribution is 2.42. The third kappa shape index (κ3) is 4.76. The maximum Gasteiger partial charge on any atom is 0.349 e. The van der Waals surface area contributed by atoms with Crippen LogP contribution < -0.4 is 36.7 Å². The lowest BCUT2D eigenvalue weighted by molar-refractivity contribution is 0.289. The number of aromatic nitrogens is 4. The number of H-pyrrole nitrogens is 1. The molecule has 1 aliphatic rings. The summed E-state index contributed by atoms with van der Waals surface area (Å²) in [6.45, 7) is 1.00. The summed E-state index contributed by atoms with van der Waals surface area (Å²) in [5.41, 5.74) is 13.4. The number of aromatic amines is 1. The highest BCUT2D eigenvalue weighted by Gasteiger charge is 2.26. The number of fused-ring (bicyclic) bond motifs is 1. The zero-order valence-corrected chi connectivity index (χ0v) is 20.0. The van der Waals surface area contributed by atoms with Crippen LogP contribution in [0.3, 0.4) is 0 Å². The highest BCUT2D eigenvalue weighted by molar-refractivity contribution is 5.95. The SMILES string of the molecule is COc1cc([C@H](Nc2ccc(C(=N)N)cc2)c2nn(-c3ncccc3N)c(=O)[nH]2)cc2c1OCCCO2. The van der Waals surface area contributed by atoms with Crippen molar-refractivity contribution in [2.75, 3.05) is 31.4 Å². The summed E-state index contributed by atoms with van der Waals surface area (Å²) in [5, 5.41) is 15.6. The molecule has 2 aromatic carbocycles. The Labute approximate surface area is 211 Å². The summed E-state index contributed by atoms with van der Waals surface area (Å²) >= 11 is 0. The van der Waals surface area contributed by atoms with E-state index in [1.165, 1.54) is 6.20 Å². The number of benzene rings is 2. The van der Waals surface area contributed by atoms with Crippen LogP contribution in [0, 0.1) is 5.41 Å². The molecular weight excluding hydrogens is 476 g/mol. The number of nitrogens with zero attached hydrogens (tertiary/aromatic N) is 3. The molecule has 2 aromatic heterocycles. The van der Waals surface area contributed by atoms with E-state index in [-0.39, 0.29) is 11.7 Å². The van der Waals surface area contributed by atoms with Gasteiger partial charge < -0.3 is 31.0 Å². The summed E-state index contributed by atoms with van der Waals surface area (Å²) < 4.78 is 18.5. The van der Waals surface area contributed by atoms with Gasteiger partial charge in [0.2, 0.25) is 5.75 Å². The van der Waals surface area contributed by atoms with Crippen molar-refractivity contribution in [3.05, 3.63) is 82.2 Å². The molecule has 37 heavy (non-hydrogen) atoms. The number of nitrogens with one attached hydrogen (secondary N) is 3. The van der Waals surface area contributed by atoms with Crippen LogP contribution in [-0.2, 0) is 0 Å². The standard InChI is InChI=1S/C25H26N8O4/c1-35-18-12-15(13-19-21(18)37-11-3-10-36-19)20(30-16-7-5-14(6-8-16)22(27)28)23-31-25(34)33(32-23)24-17(26)4-2-9-29-24/h2,4-9,12-13,20,30H,3,10-11,26H2,1H3,(H3,27,28)(H,31,32,34)/t20-/m0/s1. The average molecular weight is 503 g/mol. The molecule has 3 heterocycles. The Kier molecular flexibility index (Phi) is 6.37. The second-order valence-corrected chi connectivity index (χ2v) is 8.31. The minimum atomic E-state index is -0.645. The third-order valence-corrected chi connectivity index (χ3v) is 5.82. The van der Waals surface area contributed by atoms with Crippen LogP contribution in [0.25, 0.3) is 5.82 Å². The fourth-order valence-electron chi connectivity index (χ4n) is 4.00. The van der Waals surface area contributed by atoms with E-state index in [1.807, 2.05) is 12.1 Å². The van der Waals surface area contributed by atoms with Crippen LogP contribution >= 0.6 is 0 Å². The van der Waals surface area contributed by atoms with Gasteiger partial charge in [-0.05, 0) is 54.1 Å². The lowest BCUT2D eigenvalue weighted by Gasteiger charge is -2.21. The van der Waals surface area contributed by atoms with Gasteiger partial charge in [0.25, 0.3) is 0 Å². The molecule has 5 rings (SSSR count). The molecule has 0 aliphatic carbocycles. The molecule has 0 fully saturated rings. The molecule has 1 aliphatic heterocycles. The minimum absolute atomic E-state index is 0.0354. The molecular formula is C25H26N8O4. The van der Waals surface area contributed by atoms with Gasteiger partial charge in [0.1, 0.15) is 11.9 Å². The number of nitrogen functional groups attached to an aromatic ring is 2. The number of anilines is 2. The Hall–Kier alpha value is -5.00. The van der Waals surface area contributed by atoms with Gasteiger partial charge in [0.05, 0.1) is 26.0 Å². The van der Waals surface area contributed by atoms with Crippen LogP contribution in [-0.4, -0.2) is 45.9 Å². The molecule has 0 saturated carbocycles. The van der Waals surface area contributed by atoms with E-state index >= 15 is 0 Å². The molecule has 0 saturated heterocycles. The molecule has 0 radical (unpaired) electrons. The zero-order chi connectivity index (χ0) is 25.9. The predicted octanol–water partition coefficient (Wildman–Crippen LogP) is 2.19. The largest absolute Gasteiger partial charge is 0.493 e. The molecule has 1 atom stereocenters. The summed E-state index contributed by atoms with van der Waals surface area (Å²) in [6, 6.07) is 13.3. The quantitative estimate of drug-likeness (QED) is 0.187. The number of nitrogens with two attached hydrogens (primary N) is 2. The summed E-state index contributed by atoms with van der Waals surface area (Å²) in [5.74, 6) is 2.03. The average Bonchev–Trinajstić information content (AvgIpc) is 3.12. The number of amidine groups is 1. The fraction of sp³-hybridized carbons (Fsp3) is 0.200. The van der Waals surface area contributed by atoms with E-state index in [4.69, 9.17) is 31.1 Å². The zero-order valence-electron chi connectivity index (χ0n) is 20.0. The van der Waals surface area contributed by atoms with E-state index in [1.54, 1.807) is 43.5 Å². The van der Waals surface area contributed by atoms with Crippen molar-refractivity contribution in [2.45, 2.75) is 12.5 Å². The van der Waals surface area contributed by atoms with E-state index in [0.717, 1.165) is 11.1 Å². The van der Waals surface area contributed by atoms with E-state index in [9.17, 15) is 4.79 Å². The molecule has 190 valence electrons. The van der Waals surface area contributed by atoms with Crippen molar-refractivity contribution in [1.82, 2.24) is 19.7 Å². The van der Waals surface area contributed by atoms with Crippen LogP contribution in [0.1, 0.15) is 29.4 Å². The maximum absolute atomic E-state index is 12.9. The third-order valence-electron chi connectivity index (χ3n) is 5.82.